The van der Waals surface area contributed by atoms with Gasteiger partial charge < -0.3 is 18.9 Å². The van der Waals surface area contributed by atoms with Crippen LogP contribution < -0.4 is 24.5 Å². The average molecular weight is 405 g/mol. The van der Waals surface area contributed by atoms with E-state index in [4.69, 9.17) is 18.9 Å². The minimum atomic E-state index is -0.309. The van der Waals surface area contributed by atoms with Gasteiger partial charge in [0.05, 0.1) is 30.1 Å². The monoisotopic (exact) mass is 405 g/mol. The molecular formula is C19H23N3O5S. The second kappa shape index (κ2) is 7.12. The normalized spacial score (nSPS) is 17.9. The molecule has 0 fully saturated rings. The quantitative estimate of drug-likeness (QED) is 0.839. The Kier molecular flexibility index (Phi) is 4.78. The molecule has 2 aromatic rings. The van der Waals surface area contributed by atoms with Gasteiger partial charge in [0.1, 0.15) is 13.2 Å². The van der Waals surface area contributed by atoms with Crippen LogP contribution in [0.25, 0.3) is 0 Å². The molecule has 3 heterocycles. The van der Waals surface area contributed by atoms with Crippen LogP contribution in [0.4, 0.5) is 5.82 Å². The average Bonchev–Trinajstić information content (AvgIpc) is 3.02. The highest BCUT2D eigenvalue weighted by atomic mass is 32.2. The van der Waals surface area contributed by atoms with Gasteiger partial charge in [0.2, 0.25) is 11.5 Å². The largest absolute Gasteiger partial charge is 0.493 e. The summed E-state index contributed by atoms with van der Waals surface area (Å²) in [6.07, 6.45) is 0. The minimum Gasteiger partial charge on any atom is -0.493 e. The number of H-pyrrole nitrogens is 1. The molecule has 4 rings (SSSR count). The van der Waals surface area contributed by atoms with Crippen LogP contribution in [0.15, 0.2) is 15.9 Å². The number of aromatic nitrogens is 2. The van der Waals surface area contributed by atoms with Crippen molar-refractivity contribution in [3.8, 4) is 23.0 Å². The number of aromatic amines is 1. The molecule has 9 heteroatoms. The maximum Gasteiger partial charge on any atom is 0.271 e. The van der Waals surface area contributed by atoms with Gasteiger partial charge in [-0.1, -0.05) is 11.8 Å². The Hall–Kier alpha value is -2.55. The van der Waals surface area contributed by atoms with Gasteiger partial charge in [-0.25, -0.2) is 4.99 Å². The van der Waals surface area contributed by atoms with Gasteiger partial charge in [-0.3, -0.25) is 14.6 Å². The summed E-state index contributed by atoms with van der Waals surface area (Å²) in [5, 5.41) is 3.47. The Balaban J connectivity index is 1.96. The molecule has 0 saturated carbocycles. The maximum atomic E-state index is 12.8. The van der Waals surface area contributed by atoms with Crippen LogP contribution in [-0.2, 0) is 0 Å². The lowest BCUT2D eigenvalue weighted by atomic mass is 10.0. The number of ether oxygens (including phenoxy) is 4. The maximum absolute atomic E-state index is 12.8. The van der Waals surface area contributed by atoms with Crippen molar-refractivity contribution in [3.05, 3.63) is 27.5 Å². The van der Waals surface area contributed by atoms with Gasteiger partial charge in [-0.15, -0.1) is 0 Å². The zero-order chi connectivity index (χ0) is 20.0. The third-order valence-electron chi connectivity index (χ3n) is 4.73. The molecule has 0 radical (unpaired) electrons. The predicted molar refractivity (Wildman–Crippen MR) is 108 cm³/mol. The number of thioether (sulfide) groups is 1. The van der Waals surface area contributed by atoms with E-state index in [1.54, 1.807) is 18.9 Å². The lowest BCUT2D eigenvalue weighted by Crippen LogP contribution is -2.19. The van der Waals surface area contributed by atoms with Gasteiger partial charge >= 0.3 is 0 Å². The molecule has 2 aliphatic rings. The van der Waals surface area contributed by atoms with E-state index in [1.807, 2.05) is 26.8 Å². The first-order valence-electron chi connectivity index (χ1n) is 9.07. The molecule has 0 spiro atoms. The standard InChI is InChI=1S/C19H23N3O5S/c1-9(2)22-18-13(19(23)21-22)17(28-10(3)20-18)11-8-12(24-4)15-16(14(11)25-5)27-7-6-26-15/h8-9,17H,6-7H2,1-5H3,(H,21,23)/t17-/m1/s1. The van der Waals surface area contributed by atoms with E-state index in [-0.39, 0.29) is 16.9 Å². The fourth-order valence-corrected chi connectivity index (χ4v) is 4.65. The first-order valence-corrected chi connectivity index (χ1v) is 9.95. The molecule has 2 aliphatic heterocycles. The molecule has 1 aromatic carbocycles. The van der Waals surface area contributed by atoms with Crippen LogP contribution in [0.2, 0.25) is 0 Å². The molecule has 0 amide bonds. The van der Waals surface area contributed by atoms with E-state index in [1.165, 1.54) is 11.8 Å². The van der Waals surface area contributed by atoms with E-state index in [9.17, 15) is 4.79 Å². The summed E-state index contributed by atoms with van der Waals surface area (Å²) in [5.41, 5.74) is 1.23. The van der Waals surface area contributed by atoms with Crippen LogP contribution in [0.1, 0.15) is 43.2 Å². The van der Waals surface area contributed by atoms with E-state index >= 15 is 0 Å². The Morgan fingerprint density at radius 1 is 1.25 bits per heavy atom. The summed E-state index contributed by atoms with van der Waals surface area (Å²) < 4.78 is 24.6. The lowest BCUT2D eigenvalue weighted by molar-refractivity contribution is 0.158. The molecule has 150 valence electrons. The van der Waals surface area contributed by atoms with Crippen molar-refractivity contribution >= 4 is 22.6 Å². The van der Waals surface area contributed by atoms with Crippen molar-refractivity contribution in [2.75, 3.05) is 27.4 Å². The van der Waals surface area contributed by atoms with Gasteiger partial charge in [-0.05, 0) is 26.8 Å². The molecule has 8 nitrogen and oxygen atoms in total. The number of benzene rings is 1. The molecule has 28 heavy (non-hydrogen) atoms. The summed E-state index contributed by atoms with van der Waals surface area (Å²) in [7, 11) is 3.17. The van der Waals surface area contributed by atoms with E-state index in [0.29, 0.717) is 47.6 Å². The molecule has 1 aromatic heterocycles. The smallest absolute Gasteiger partial charge is 0.271 e. The third kappa shape index (κ3) is 2.85. The van der Waals surface area contributed by atoms with E-state index < -0.39 is 0 Å². The van der Waals surface area contributed by atoms with Gasteiger partial charge in [-0.2, -0.15) is 0 Å². The highest BCUT2D eigenvalue weighted by Gasteiger charge is 2.36. The summed E-state index contributed by atoms with van der Waals surface area (Å²) in [6.45, 7) is 6.81. The van der Waals surface area contributed by atoms with Gasteiger partial charge in [0, 0.05) is 11.6 Å². The number of aliphatic imine (C=N–C) groups is 1. The number of hydrogen-bond donors (Lipinski definition) is 1. The molecule has 1 N–H and O–H groups in total. The zero-order valence-corrected chi connectivity index (χ0v) is 17.3. The van der Waals surface area contributed by atoms with Crippen LogP contribution in [0.3, 0.4) is 0 Å². The first kappa shape index (κ1) is 18.8. The summed E-state index contributed by atoms with van der Waals surface area (Å²) in [4.78, 5) is 17.5. The highest BCUT2D eigenvalue weighted by Crippen LogP contribution is 2.54. The fourth-order valence-electron chi connectivity index (χ4n) is 3.53. The fraction of sp³-hybridized carbons (Fsp3) is 0.474. The van der Waals surface area contributed by atoms with Crippen molar-refractivity contribution in [1.82, 2.24) is 9.78 Å². The Morgan fingerprint density at radius 2 is 1.96 bits per heavy atom. The van der Waals surface area contributed by atoms with Gasteiger partial charge in [0.15, 0.2) is 17.3 Å². The van der Waals surface area contributed by atoms with E-state index in [2.05, 4.69) is 10.1 Å². The van der Waals surface area contributed by atoms with Crippen LogP contribution in [0, 0.1) is 0 Å². The van der Waals surface area contributed by atoms with Crippen molar-refractivity contribution in [2.45, 2.75) is 32.1 Å². The van der Waals surface area contributed by atoms with Crippen molar-refractivity contribution in [1.29, 1.82) is 0 Å². The Bertz CT molecular complexity index is 1010. The van der Waals surface area contributed by atoms with Crippen molar-refractivity contribution < 1.29 is 18.9 Å². The van der Waals surface area contributed by atoms with Crippen LogP contribution >= 0.6 is 11.8 Å². The second-order valence-corrected chi connectivity index (χ2v) is 8.13. The topological polar surface area (TPSA) is 87.1 Å². The number of nitrogens with zero attached hydrogens (tertiary/aromatic N) is 2. The number of methoxy groups -OCH3 is 2. The molecule has 0 bridgehead atoms. The van der Waals surface area contributed by atoms with Crippen LogP contribution in [0.5, 0.6) is 23.0 Å². The number of hydrogen-bond acceptors (Lipinski definition) is 7. The molecule has 1 atom stereocenters. The van der Waals surface area contributed by atoms with Crippen molar-refractivity contribution in [2.24, 2.45) is 4.99 Å². The first-order chi connectivity index (χ1) is 13.5. The number of rotatable bonds is 4. The van der Waals surface area contributed by atoms with Gasteiger partial charge in [0.25, 0.3) is 5.56 Å². The van der Waals surface area contributed by atoms with Crippen LogP contribution in [-0.4, -0.2) is 42.3 Å². The Morgan fingerprint density at radius 3 is 2.61 bits per heavy atom. The molecule has 0 unspecified atom stereocenters. The zero-order valence-electron chi connectivity index (χ0n) is 16.5. The third-order valence-corrected chi connectivity index (χ3v) is 5.89. The second-order valence-electron chi connectivity index (χ2n) is 6.83. The molecule has 0 saturated heterocycles. The minimum absolute atomic E-state index is 0.0773. The summed E-state index contributed by atoms with van der Waals surface area (Å²) >= 11 is 1.51. The summed E-state index contributed by atoms with van der Waals surface area (Å²) in [5.74, 6) is 2.77. The predicted octanol–water partition coefficient (Wildman–Crippen LogP) is 3.43. The highest BCUT2D eigenvalue weighted by molar-refractivity contribution is 8.14. The SMILES string of the molecule is COc1cc([C@H]2SC(C)=Nc3c2c(=O)[nH]n3C(C)C)c(OC)c2c1OCCO2. The number of nitrogens with one attached hydrogen (secondary N) is 1. The molecule has 0 aliphatic carbocycles. The Labute approximate surface area is 166 Å². The number of fused-ring (bicyclic) bond motifs is 2. The van der Waals surface area contributed by atoms with E-state index in [0.717, 1.165) is 10.6 Å². The molecular weight excluding hydrogens is 382 g/mol. The van der Waals surface area contributed by atoms with Crippen molar-refractivity contribution in [3.63, 3.8) is 0 Å². The lowest BCUT2D eigenvalue weighted by Gasteiger charge is -2.28. The summed E-state index contributed by atoms with van der Waals surface area (Å²) in [6, 6.07) is 1.94.